The minimum absolute atomic E-state index is 0.344. The van der Waals surface area contributed by atoms with E-state index in [0.29, 0.717) is 0 Å². The predicted octanol–water partition coefficient (Wildman–Crippen LogP) is -1.34. The van der Waals surface area contributed by atoms with Gasteiger partial charge in [-0.25, -0.2) is 4.79 Å². The number of aromatic carboxylic acids is 1. The maximum atomic E-state index is 12.2. The van der Waals surface area contributed by atoms with E-state index in [1.807, 2.05) is 0 Å². The van der Waals surface area contributed by atoms with Crippen LogP contribution in [0.15, 0.2) is 18.2 Å². The molecule has 0 aliphatic rings. The van der Waals surface area contributed by atoms with E-state index in [-0.39, 0.29) is 5.46 Å². The van der Waals surface area contributed by atoms with Gasteiger partial charge in [-0.15, -0.1) is 0 Å². The Hall–Kier alpha value is -1.65. The molecular weight excluding hydrogens is 258 g/mol. The van der Waals surface area contributed by atoms with Gasteiger partial charge in [0.2, 0.25) is 0 Å². The van der Waals surface area contributed by atoms with Crippen molar-refractivity contribution in [3.63, 3.8) is 0 Å². The minimum atomic E-state index is -5.32. The molecule has 0 amide bonds. The van der Waals surface area contributed by atoms with Gasteiger partial charge in [0, 0.05) is 0 Å². The molecule has 0 aromatic heterocycles. The van der Waals surface area contributed by atoms with Crippen LogP contribution in [0.4, 0.5) is 3.89 Å². The van der Waals surface area contributed by atoms with Crippen LogP contribution < -0.4 is 9.65 Å². The lowest BCUT2D eigenvalue weighted by Gasteiger charge is -2.05. The van der Waals surface area contributed by atoms with Crippen molar-refractivity contribution in [2.24, 2.45) is 0 Å². The Labute approximate surface area is 95.6 Å². The van der Waals surface area contributed by atoms with Crippen molar-refractivity contribution in [1.29, 1.82) is 0 Å². The largest absolute Gasteiger partial charge is 0.488 e. The zero-order chi connectivity index (χ0) is 13.2. The third-order valence-corrected chi connectivity index (χ3v) is 2.06. The minimum Gasteiger partial charge on any atom is -0.478 e. The first-order chi connectivity index (χ1) is 7.69. The number of rotatable bonds is 4. The number of halogens is 1. The van der Waals surface area contributed by atoms with Crippen LogP contribution in [-0.4, -0.2) is 36.7 Å². The number of hydrogen-bond acceptors (Lipinski definition) is 6. The van der Waals surface area contributed by atoms with Crippen LogP contribution in [0.5, 0.6) is 5.75 Å². The Balaban J connectivity index is 3.26. The molecule has 0 bridgehead atoms. The zero-order valence-electron chi connectivity index (χ0n) is 8.07. The molecule has 0 spiro atoms. The molecule has 0 aliphatic carbocycles. The highest BCUT2D eigenvalue weighted by molar-refractivity contribution is 7.81. The Morgan fingerprint density at radius 1 is 1.29 bits per heavy atom. The number of hydrogen-bond donors (Lipinski definition) is 3. The normalized spacial score (nSPS) is 11.0. The van der Waals surface area contributed by atoms with E-state index in [2.05, 4.69) is 4.18 Å². The first-order valence-corrected chi connectivity index (χ1v) is 5.38. The van der Waals surface area contributed by atoms with Crippen LogP contribution >= 0.6 is 0 Å². The topological polar surface area (TPSA) is 121 Å². The summed E-state index contributed by atoms with van der Waals surface area (Å²) >= 11 is 0. The molecule has 7 nitrogen and oxygen atoms in total. The maximum absolute atomic E-state index is 12.2. The van der Waals surface area contributed by atoms with Crippen LogP contribution in [0.1, 0.15) is 10.4 Å². The van der Waals surface area contributed by atoms with Crippen molar-refractivity contribution in [3.05, 3.63) is 23.8 Å². The zero-order valence-corrected chi connectivity index (χ0v) is 8.89. The predicted molar refractivity (Wildman–Crippen MR) is 53.9 cm³/mol. The lowest BCUT2D eigenvalue weighted by Crippen LogP contribution is -2.30. The summed E-state index contributed by atoms with van der Waals surface area (Å²) < 4.78 is 36.4. The smallest absolute Gasteiger partial charge is 0.478 e. The van der Waals surface area contributed by atoms with Gasteiger partial charge >= 0.3 is 23.6 Å². The summed E-state index contributed by atoms with van der Waals surface area (Å²) in [5, 5.41) is 26.3. The van der Waals surface area contributed by atoms with Gasteiger partial charge in [-0.1, -0.05) is 3.89 Å². The molecule has 0 radical (unpaired) electrons. The SMILES string of the molecule is O=C(O)c1cc(OS(=O)(=O)F)cc(B(O)O)c1. The van der Waals surface area contributed by atoms with E-state index in [1.54, 1.807) is 0 Å². The van der Waals surface area contributed by atoms with E-state index in [1.165, 1.54) is 0 Å². The molecule has 0 atom stereocenters. The molecule has 0 saturated carbocycles. The van der Waals surface area contributed by atoms with Crippen molar-refractivity contribution >= 4 is 29.1 Å². The first kappa shape index (κ1) is 13.4. The summed E-state index contributed by atoms with van der Waals surface area (Å²) in [6.07, 6.45) is 0. The second-order valence-electron chi connectivity index (χ2n) is 2.95. The second-order valence-corrected chi connectivity index (χ2v) is 3.90. The third-order valence-electron chi connectivity index (χ3n) is 1.67. The first-order valence-electron chi connectivity index (χ1n) is 4.07. The molecule has 0 aliphatic heterocycles. The number of carboxylic acid groups (broad SMARTS) is 1. The highest BCUT2D eigenvalue weighted by atomic mass is 32.3. The fraction of sp³-hybridized carbons (Fsp3) is 0. The monoisotopic (exact) mass is 264 g/mol. The molecule has 0 saturated heterocycles. The molecule has 92 valence electrons. The number of carbonyl (C=O) groups is 1. The summed E-state index contributed by atoms with van der Waals surface area (Å²) in [6.45, 7) is 0. The van der Waals surface area contributed by atoms with E-state index < -0.39 is 34.9 Å². The quantitative estimate of drug-likeness (QED) is 0.454. The fourth-order valence-corrected chi connectivity index (χ4v) is 1.38. The average molecular weight is 264 g/mol. The standard InChI is InChI=1S/C7H6BFO7S/c9-17(14,15)16-6-2-4(7(10)11)1-5(3-6)8(12)13/h1-3,12-13H,(H,10,11). The van der Waals surface area contributed by atoms with Crippen LogP contribution in [0.25, 0.3) is 0 Å². The van der Waals surface area contributed by atoms with Crippen LogP contribution in [0.2, 0.25) is 0 Å². The Bertz CT molecular complexity index is 541. The molecule has 1 aromatic rings. The van der Waals surface area contributed by atoms with E-state index in [4.69, 9.17) is 15.2 Å². The van der Waals surface area contributed by atoms with Gasteiger partial charge in [0.05, 0.1) is 5.56 Å². The van der Waals surface area contributed by atoms with Crippen molar-refractivity contribution < 1.29 is 36.4 Å². The van der Waals surface area contributed by atoms with Gasteiger partial charge in [-0.05, 0) is 23.7 Å². The summed E-state index contributed by atoms with van der Waals surface area (Å²) in [4.78, 5) is 10.6. The van der Waals surface area contributed by atoms with Crippen molar-refractivity contribution in [1.82, 2.24) is 0 Å². The molecule has 3 N–H and O–H groups in total. The lowest BCUT2D eigenvalue weighted by atomic mass is 9.79. The Kier molecular flexibility index (Phi) is 3.71. The van der Waals surface area contributed by atoms with Gasteiger partial charge in [-0.3, -0.25) is 0 Å². The number of benzene rings is 1. The molecule has 0 heterocycles. The van der Waals surface area contributed by atoms with Gasteiger partial charge in [0.15, 0.2) is 0 Å². The third kappa shape index (κ3) is 4.02. The van der Waals surface area contributed by atoms with Crippen molar-refractivity contribution in [2.75, 3.05) is 0 Å². The van der Waals surface area contributed by atoms with Crippen LogP contribution in [0, 0.1) is 0 Å². The summed E-state index contributed by atoms with van der Waals surface area (Å²) in [5.41, 5.74) is -0.821. The Morgan fingerprint density at radius 2 is 1.88 bits per heavy atom. The average Bonchev–Trinajstić information content (AvgIpc) is 2.14. The maximum Gasteiger partial charge on any atom is 0.488 e. The van der Waals surface area contributed by atoms with Gasteiger partial charge in [0.1, 0.15) is 5.75 Å². The molecule has 1 rings (SSSR count). The molecule has 17 heavy (non-hydrogen) atoms. The van der Waals surface area contributed by atoms with E-state index in [9.17, 15) is 17.1 Å². The summed E-state index contributed by atoms with van der Waals surface area (Å²) in [5.74, 6) is -2.14. The second kappa shape index (κ2) is 4.69. The van der Waals surface area contributed by atoms with Crippen LogP contribution in [-0.2, 0) is 10.5 Å². The summed E-state index contributed by atoms with van der Waals surface area (Å²) in [6, 6.07) is 2.39. The number of carboxylic acids is 1. The van der Waals surface area contributed by atoms with Gasteiger partial charge in [0.25, 0.3) is 0 Å². The lowest BCUT2D eigenvalue weighted by molar-refractivity contribution is 0.0696. The molecular formula is C7H6BFO7S. The highest BCUT2D eigenvalue weighted by Crippen LogP contribution is 2.15. The molecule has 10 heteroatoms. The van der Waals surface area contributed by atoms with Gasteiger partial charge < -0.3 is 19.3 Å². The highest BCUT2D eigenvalue weighted by Gasteiger charge is 2.18. The fourth-order valence-electron chi connectivity index (χ4n) is 1.06. The van der Waals surface area contributed by atoms with E-state index >= 15 is 0 Å². The van der Waals surface area contributed by atoms with Crippen molar-refractivity contribution in [2.45, 2.75) is 0 Å². The molecule has 0 fully saturated rings. The molecule has 1 aromatic carbocycles. The van der Waals surface area contributed by atoms with Crippen molar-refractivity contribution in [3.8, 4) is 5.75 Å². The Morgan fingerprint density at radius 3 is 2.29 bits per heavy atom. The molecule has 0 unspecified atom stereocenters. The van der Waals surface area contributed by atoms with E-state index in [0.717, 1.165) is 18.2 Å². The summed E-state index contributed by atoms with van der Waals surface area (Å²) in [7, 11) is -7.36. The van der Waals surface area contributed by atoms with Gasteiger partial charge in [-0.2, -0.15) is 8.42 Å². The van der Waals surface area contributed by atoms with Crippen LogP contribution in [0.3, 0.4) is 0 Å².